The van der Waals surface area contributed by atoms with E-state index in [4.69, 9.17) is 42.4 Å². The van der Waals surface area contributed by atoms with Crippen molar-refractivity contribution in [1.29, 1.82) is 0 Å². The van der Waals surface area contributed by atoms with Gasteiger partial charge < -0.3 is 37.9 Å². The summed E-state index contributed by atoms with van der Waals surface area (Å²) in [4.78, 5) is 0. The van der Waals surface area contributed by atoms with Gasteiger partial charge in [0.15, 0.2) is 0 Å². The smallest absolute Gasteiger partial charge is 0.264 e. The number of unbranched alkanes of at least 4 members (excludes halogenated alkanes) is 10. The lowest BCUT2D eigenvalue weighted by atomic mass is 10.1. The predicted molar refractivity (Wildman–Crippen MR) is 164 cm³/mol. The van der Waals surface area contributed by atoms with Crippen LogP contribution in [0, 0.1) is 0 Å². The lowest BCUT2D eigenvalue weighted by Crippen LogP contribution is -2.15. The number of ether oxygens (including phenoxy) is 8. The van der Waals surface area contributed by atoms with E-state index in [-0.39, 0.29) is 18.8 Å². The van der Waals surface area contributed by atoms with E-state index in [2.05, 4.69) is 6.92 Å². The Balaban J connectivity index is 3.05. The molecule has 254 valence electrons. The van der Waals surface area contributed by atoms with Gasteiger partial charge in [-0.2, -0.15) is 8.42 Å². The summed E-state index contributed by atoms with van der Waals surface area (Å²) in [6.45, 7) is 10.4. The molecule has 0 saturated carbocycles. The molecule has 0 saturated heterocycles. The molecule has 0 bridgehead atoms. The van der Waals surface area contributed by atoms with Gasteiger partial charge in [-0.3, -0.25) is 4.55 Å². The van der Waals surface area contributed by atoms with Crippen molar-refractivity contribution in [3.05, 3.63) is 0 Å². The van der Waals surface area contributed by atoms with Gasteiger partial charge in [0, 0.05) is 13.2 Å². The van der Waals surface area contributed by atoms with Gasteiger partial charge >= 0.3 is 0 Å². The zero-order valence-electron chi connectivity index (χ0n) is 26.4. The molecule has 0 aromatic heterocycles. The third-order valence-electron chi connectivity index (χ3n) is 6.19. The molecule has 0 aliphatic carbocycles. The first-order valence-electron chi connectivity index (χ1n) is 16.1. The third kappa shape index (κ3) is 39.6. The minimum Gasteiger partial charge on any atom is -0.379 e. The van der Waals surface area contributed by atoms with Gasteiger partial charge in [0.25, 0.3) is 10.1 Å². The SMILES string of the molecule is CCCCCCCCCCCCCOCCOCCOCCOCCOCCOCCOCCOCCCS(=O)(=O)O. The molecule has 0 fully saturated rings. The molecule has 0 aromatic rings. The summed E-state index contributed by atoms with van der Waals surface area (Å²) in [7, 11) is -3.91. The minimum absolute atomic E-state index is 0.256. The van der Waals surface area contributed by atoms with Gasteiger partial charge in [0.05, 0.1) is 98.2 Å². The highest BCUT2D eigenvalue weighted by Gasteiger charge is 2.03. The fourth-order valence-corrected chi connectivity index (χ4v) is 4.34. The van der Waals surface area contributed by atoms with Crippen LogP contribution in [-0.2, 0) is 48.0 Å². The van der Waals surface area contributed by atoms with Crippen LogP contribution in [0.4, 0.5) is 0 Å². The van der Waals surface area contributed by atoms with Crippen LogP contribution in [0.25, 0.3) is 0 Å². The zero-order valence-corrected chi connectivity index (χ0v) is 27.3. The minimum atomic E-state index is -3.91. The van der Waals surface area contributed by atoms with Crippen molar-refractivity contribution >= 4 is 10.1 Å². The second kappa shape index (κ2) is 35.1. The molecule has 0 amide bonds. The summed E-state index contributed by atoms with van der Waals surface area (Å²) in [5, 5.41) is 0. The Hall–Kier alpha value is -0.410. The Kier molecular flexibility index (Phi) is 34.7. The Morgan fingerprint density at radius 2 is 0.595 bits per heavy atom. The molecule has 1 N–H and O–H groups in total. The molecular formula is C30H62O11S. The topological polar surface area (TPSA) is 128 Å². The summed E-state index contributed by atoms with van der Waals surface area (Å²) >= 11 is 0. The predicted octanol–water partition coefficient (Wildman–Crippen LogP) is 4.71. The summed E-state index contributed by atoms with van der Waals surface area (Å²) in [6.07, 6.45) is 15.1. The second-order valence-electron chi connectivity index (χ2n) is 10.1. The van der Waals surface area contributed by atoms with Gasteiger partial charge in [-0.05, 0) is 12.8 Å². The van der Waals surface area contributed by atoms with E-state index >= 15 is 0 Å². The number of hydrogen-bond donors (Lipinski definition) is 1. The largest absolute Gasteiger partial charge is 0.379 e. The highest BCUT2D eigenvalue weighted by atomic mass is 32.2. The van der Waals surface area contributed by atoms with Crippen LogP contribution < -0.4 is 0 Å². The molecule has 0 heterocycles. The molecule has 0 rings (SSSR count). The maximum absolute atomic E-state index is 10.5. The Morgan fingerprint density at radius 3 is 0.881 bits per heavy atom. The van der Waals surface area contributed by atoms with E-state index in [1.807, 2.05) is 0 Å². The summed E-state index contributed by atoms with van der Waals surface area (Å²) in [6, 6.07) is 0. The van der Waals surface area contributed by atoms with Crippen LogP contribution in [0.15, 0.2) is 0 Å². The van der Waals surface area contributed by atoms with Crippen molar-refractivity contribution in [2.24, 2.45) is 0 Å². The highest BCUT2D eigenvalue weighted by molar-refractivity contribution is 7.85. The van der Waals surface area contributed by atoms with Crippen LogP contribution in [-0.4, -0.2) is 124 Å². The number of hydrogen-bond acceptors (Lipinski definition) is 10. The zero-order chi connectivity index (χ0) is 30.7. The average Bonchev–Trinajstić information content (AvgIpc) is 2.96. The van der Waals surface area contributed by atoms with Crippen molar-refractivity contribution in [3.8, 4) is 0 Å². The van der Waals surface area contributed by atoms with Crippen molar-refractivity contribution in [2.75, 3.05) is 111 Å². The molecular weight excluding hydrogens is 568 g/mol. The summed E-state index contributed by atoms with van der Waals surface area (Å²) in [5.41, 5.74) is 0. The van der Waals surface area contributed by atoms with E-state index < -0.39 is 10.1 Å². The summed E-state index contributed by atoms with van der Waals surface area (Å²) < 4.78 is 73.2. The van der Waals surface area contributed by atoms with Gasteiger partial charge in [-0.1, -0.05) is 71.1 Å². The molecule has 0 aromatic carbocycles. The first-order chi connectivity index (χ1) is 20.6. The normalized spacial score (nSPS) is 12.0. The average molecular weight is 631 g/mol. The molecule has 0 unspecified atom stereocenters. The van der Waals surface area contributed by atoms with E-state index in [9.17, 15) is 8.42 Å². The van der Waals surface area contributed by atoms with Crippen molar-refractivity contribution in [1.82, 2.24) is 0 Å². The number of rotatable bonds is 37. The molecule has 0 radical (unpaired) electrons. The lowest BCUT2D eigenvalue weighted by Gasteiger charge is -2.08. The van der Waals surface area contributed by atoms with Crippen molar-refractivity contribution in [3.63, 3.8) is 0 Å². The molecule has 0 aliphatic rings. The summed E-state index contributed by atoms with van der Waals surface area (Å²) in [5.74, 6) is -0.295. The quantitative estimate of drug-likeness (QED) is 0.0757. The van der Waals surface area contributed by atoms with Crippen molar-refractivity contribution < 1.29 is 50.9 Å². The fraction of sp³-hybridized carbons (Fsp3) is 1.00. The highest BCUT2D eigenvalue weighted by Crippen LogP contribution is 2.11. The van der Waals surface area contributed by atoms with Crippen LogP contribution in [0.3, 0.4) is 0 Å². The van der Waals surface area contributed by atoms with Crippen LogP contribution in [0.1, 0.15) is 84.0 Å². The maximum atomic E-state index is 10.5. The van der Waals surface area contributed by atoms with E-state index in [1.54, 1.807) is 0 Å². The van der Waals surface area contributed by atoms with Crippen LogP contribution in [0.5, 0.6) is 0 Å². The molecule has 42 heavy (non-hydrogen) atoms. The molecule has 12 heteroatoms. The van der Waals surface area contributed by atoms with E-state index in [1.165, 1.54) is 64.2 Å². The first kappa shape index (κ1) is 41.6. The Bertz CT molecular complexity index is 608. The molecule has 0 spiro atoms. The van der Waals surface area contributed by atoms with Crippen LogP contribution >= 0.6 is 0 Å². The monoisotopic (exact) mass is 630 g/mol. The standard InChI is InChI=1S/C30H62O11S/c1-2-3-4-5-6-7-8-9-10-11-12-14-34-16-18-36-20-22-38-24-26-40-28-29-41-27-25-39-23-21-37-19-17-35-15-13-30-42(31,32)33/h2-30H2,1H3,(H,31,32,33). The first-order valence-corrected chi connectivity index (χ1v) is 17.7. The third-order valence-corrected chi connectivity index (χ3v) is 6.99. The van der Waals surface area contributed by atoms with Crippen molar-refractivity contribution in [2.45, 2.75) is 84.0 Å². The molecule has 0 aliphatic heterocycles. The van der Waals surface area contributed by atoms with E-state index in [0.717, 1.165) is 13.0 Å². The fourth-order valence-electron chi connectivity index (χ4n) is 3.85. The van der Waals surface area contributed by atoms with Gasteiger partial charge in [0.1, 0.15) is 0 Å². The van der Waals surface area contributed by atoms with Gasteiger partial charge in [0.2, 0.25) is 0 Å². The molecule has 11 nitrogen and oxygen atoms in total. The van der Waals surface area contributed by atoms with Gasteiger partial charge in [-0.25, -0.2) is 0 Å². The van der Waals surface area contributed by atoms with Gasteiger partial charge in [-0.15, -0.1) is 0 Å². The Morgan fingerprint density at radius 1 is 0.357 bits per heavy atom. The molecule has 0 atom stereocenters. The Labute approximate surface area is 256 Å². The lowest BCUT2D eigenvalue weighted by molar-refractivity contribution is -0.0231. The van der Waals surface area contributed by atoms with Crippen LogP contribution in [0.2, 0.25) is 0 Å². The maximum Gasteiger partial charge on any atom is 0.264 e. The second-order valence-corrected chi connectivity index (χ2v) is 11.6. The van der Waals surface area contributed by atoms with E-state index in [0.29, 0.717) is 92.5 Å².